The van der Waals surface area contributed by atoms with Crippen LogP contribution in [0.5, 0.6) is 0 Å². The lowest BCUT2D eigenvalue weighted by Gasteiger charge is -2.33. The molecule has 4 heteroatoms. The highest BCUT2D eigenvalue weighted by atomic mass is 16.5. The van der Waals surface area contributed by atoms with Gasteiger partial charge >= 0.3 is 5.97 Å². The van der Waals surface area contributed by atoms with E-state index in [9.17, 15) is 4.79 Å². The van der Waals surface area contributed by atoms with E-state index in [1.165, 1.54) is 0 Å². The first-order valence-electron chi connectivity index (χ1n) is 5.20. The molecule has 1 rings (SSSR count). The molecule has 0 atom stereocenters. The predicted molar refractivity (Wildman–Crippen MR) is 52.8 cm³/mol. The third kappa shape index (κ3) is 2.45. The molecule has 14 heavy (non-hydrogen) atoms. The largest absolute Gasteiger partial charge is 0.465 e. The molecule has 0 amide bonds. The topological polar surface area (TPSA) is 61.5 Å². The molecule has 0 unspecified atom stereocenters. The molecule has 1 heterocycles. The Morgan fingerprint density at radius 3 is 2.64 bits per heavy atom. The zero-order valence-corrected chi connectivity index (χ0v) is 8.75. The highest BCUT2D eigenvalue weighted by molar-refractivity contribution is 5.77. The Morgan fingerprint density at radius 1 is 1.50 bits per heavy atom. The van der Waals surface area contributed by atoms with Gasteiger partial charge in [-0.1, -0.05) is 6.92 Å². The maximum absolute atomic E-state index is 11.8. The lowest BCUT2D eigenvalue weighted by molar-refractivity contribution is -0.161. The summed E-state index contributed by atoms with van der Waals surface area (Å²) in [6.45, 7) is 4.05. The fraction of sp³-hybridized carbons (Fsp3) is 0.900. The summed E-state index contributed by atoms with van der Waals surface area (Å²) in [4.78, 5) is 11.8. The fourth-order valence-corrected chi connectivity index (χ4v) is 1.60. The summed E-state index contributed by atoms with van der Waals surface area (Å²) in [6.07, 6.45) is 2.22. The number of rotatable bonds is 4. The van der Waals surface area contributed by atoms with Crippen molar-refractivity contribution < 1.29 is 14.3 Å². The second-order valence-electron chi connectivity index (χ2n) is 3.73. The lowest BCUT2D eigenvalue weighted by atomic mass is 9.80. The van der Waals surface area contributed by atoms with Gasteiger partial charge in [-0.25, -0.2) is 0 Å². The molecule has 0 aromatic rings. The van der Waals surface area contributed by atoms with Gasteiger partial charge in [0.25, 0.3) is 0 Å². The number of hydrogen-bond donors (Lipinski definition) is 1. The Hall–Kier alpha value is -0.610. The van der Waals surface area contributed by atoms with Crippen molar-refractivity contribution in [2.24, 2.45) is 11.1 Å². The van der Waals surface area contributed by atoms with E-state index in [0.717, 1.165) is 6.42 Å². The number of carbonyl (C=O) groups excluding carboxylic acids is 1. The first-order chi connectivity index (χ1) is 6.75. The van der Waals surface area contributed by atoms with Crippen LogP contribution in [0.3, 0.4) is 0 Å². The average Bonchev–Trinajstić information content (AvgIpc) is 2.26. The smallest absolute Gasteiger partial charge is 0.313 e. The van der Waals surface area contributed by atoms with E-state index in [1.807, 2.05) is 6.92 Å². The molecule has 0 radical (unpaired) electrons. The van der Waals surface area contributed by atoms with Gasteiger partial charge in [0.2, 0.25) is 0 Å². The molecule has 1 fully saturated rings. The summed E-state index contributed by atoms with van der Waals surface area (Å²) in [5.41, 5.74) is 5.18. The van der Waals surface area contributed by atoms with Crippen molar-refractivity contribution in [2.45, 2.75) is 26.2 Å². The highest BCUT2D eigenvalue weighted by Crippen LogP contribution is 2.30. The second-order valence-corrected chi connectivity index (χ2v) is 3.73. The monoisotopic (exact) mass is 201 g/mol. The van der Waals surface area contributed by atoms with E-state index in [4.69, 9.17) is 15.2 Å². The minimum absolute atomic E-state index is 0.148. The number of hydrogen-bond acceptors (Lipinski definition) is 4. The summed E-state index contributed by atoms with van der Waals surface area (Å²) in [5, 5.41) is 0. The number of esters is 1. The first kappa shape index (κ1) is 11.5. The summed E-state index contributed by atoms with van der Waals surface area (Å²) in [6, 6.07) is 0. The maximum Gasteiger partial charge on any atom is 0.313 e. The normalized spacial score (nSPS) is 20.4. The summed E-state index contributed by atoms with van der Waals surface area (Å²) < 4.78 is 10.4. The SMILES string of the molecule is CCCOC(=O)C1(CN)CCOCC1. The van der Waals surface area contributed by atoms with E-state index in [0.29, 0.717) is 39.2 Å². The number of carbonyl (C=O) groups is 1. The van der Waals surface area contributed by atoms with E-state index in [2.05, 4.69) is 0 Å². The van der Waals surface area contributed by atoms with Gasteiger partial charge in [0.15, 0.2) is 0 Å². The van der Waals surface area contributed by atoms with Gasteiger partial charge in [-0.3, -0.25) is 4.79 Å². The molecular weight excluding hydrogens is 182 g/mol. The minimum atomic E-state index is -0.479. The van der Waals surface area contributed by atoms with E-state index < -0.39 is 5.41 Å². The van der Waals surface area contributed by atoms with Crippen molar-refractivity contribution in [3.8, 4) is 0 Å². The Bertz CT molecular complexity index is 188. The molecular formula is C10H19NO3. The summed E-state index contributed by atoms with van der Waals surface area (Å²) in [7, 11) is 0. The lowest BCUT2D eigenvalue weighted by Crippen LogP contribution is -2.44. The average molecular weight is 201 g/mol. The zero-order chi connectivity index (χ0) is 10.4. The Labute approximate surface area is 84.7 Å². The standard InChI is InChI=1S/C10H19NO3/c1-2-5-14-9(12)10(8-11)3-6-13-7-4-10/h2-8,11H2,1H3. The number of nitrogens with two attached hydrogens (primary N) is 1. The van der Waals surface area contributed by atoms with Gasteiger partial charge in [0, 0.05) is 19.8 Å². The van der Waals surface area contributed by atoms with Gasteiger partial charge in [0.05, 0.1) is 12.0 Å². The van der Waals surface area contributed by atoms with Crippen molar-refractivity contribution in [1.82, 2.24) is 0 Å². The Kier molecular flexibility index (Phi) is 4.35. The molecule has 0 bridgehead atoms. The van der Waals surface area contributed by atoms with E-state index in [1.54, 1.807) is 0 Å². The van der Waals surface area contributed by atoms with Crippen molar-refractivity contribution in [1.29, 1.82) is 0 Å². The molecule has 1 aliphatic rings. The minimum Gasteiger partial charge on any atom is -0.465 e. The van der Waals surface area contributed by atoms with Crippen molar-refractivity contribution in [3.05, 3.63) is 0 Å². The molecule has 1 aliphatic heterocycles. The Balaban J connectivity index is 2.53. The van der Waals surface area contributed by atoms with Crippen LogP contribution in [-0.2, 0) is 14.3 Å². The molecule has 2 N–H and O–H groups in total. The van der Waals surface area contributed by atoms with E-state index in [-0.39, 0.29) is 5.97 Å². The third-order valence-electron chi connectivity index (χ3n) is 2.71. The summed E-state index contributed by atoms with van der Waals surface area (Å²) >= 11 is 0. The van der Waals surface area contributed by atoms with Crippen LogP contribution in [0, 0.1) is 5.41 Å². The van der Waals surface area contributed by atoms with Crippen LogP contribution in [-0.4, -0.2) is 32.3 Å². The van der Waals surface area contributed by atoms with E-state index >= 15 is 0 Å². The third-order valence-corrected chi connectivity index (χ3v) is 2.71. The van der Waals surface area contributed by atoms with Crippen LogP contribution < -0.4 is 5.73 Å². The fourth-order valence-electron chi connectivity index (χ4n) is 1.60. The van der Waals surface area contributed by atoms with Crippen LogP contribution in [0.1, 0.15) is 26.2 Å². The van der Waals surface area contributed by atoms with Gasteiger partial charge in [-0.2, -0.15) is 0 Å². The highest BCUT2D eigenvalue weighted by Gasteiger charge is 2.40. The van der Waals surface area contributed by atoms with Gasteiger partial charge in [-0.05, 0) is 19.3 Å². The first-order valence-corrected chi connectivity index (χ1v) is 5.20. The van der Waals surface area contributed by atoms with Crippen molar-refractivity contribution >= 4 is 5.97 Å². The predicted octanol–water partition coefficient (Wildman–Crippen LogP) is 0.695. The quantitative estimate of drug-likeness (QED) is 0.680. The molecule has 4 nitrogen and oxygen atoms in total. The van der Waals surface area contributed by atoms with Crippen LogP contribution in [0.4, 0.5) is 0 Å². The van der Waals surface area contributed by atoms with Crippen LogP contribution in [0.2, 0.25) is 0 Å². The van der Waals surface area contributed by atoms with Gasteiger partial charge in [-0.15, -0.1) is 0 Å². The molecule has 1 saturated heterocycles. The molecule has 0 saturated carbocycles. The van der Waals surface area contributed by atoms with Crippen LogP contribution >= 0.6 is 0 Å². The molecule has 0 spiro atoms. The molecule has 82 valence electrons. The second kappa shape index (κ2) is 5.32. The molecule has 0 aromatic carbocycles. The van der Waals surface area contributed by atoms with Crippen molar-refractivity contribution in [3.63, 3.8) is 0 Å². The Morgan fingerprint density at radius 2 is 2.14 bits per heavy atom. The van der Waals surface area contributed by atoms with Gasteiger partial charge in [0.1, 0.15) is 0 Å². The van der Waals surface area contributed by atoms with Gasteiger partial charge < -0.3 is 15.2 Å². The zero-order valence-electron chi connectivity index (χ0n) is 8.75. The molecule has 0 aliphatic carbocycles. The maximum atomic E-state index is 11.8. The van der Waals surface area contributed by atoms with Crippen LogP contribution in [0.25, 0.3) is 0 Å². The van der Waals surface area contributed by atoms with Crippen LogP contribution in [0.15, 0.2) is 0 Å². The van der Waals surface area contributed by atoms with Crippen molar-refractivity contribution in [2.75, 3.05) is 26.4 Å². The number of ether oxygens (including phenoxy) is 2. The summed E-state index contributed by atoms with van der Waals surface area (Å²) in [5.74, 6) is -0.148. The molecule has 0 aromatic heterocycles.